The van der Waals surface area contributed by atoms with Crippen LogP contribution in [0.1, 0.15) is 81.8 Å². The lowest BCUT2D eigenvalue weighted by Gasteiger charge is -2.30. The van der Waals surface area contributed by atoms with Gasteiger partial charge in [-0.15, -0.1) is 0 Å². The van der Waals surface area contributed by atoms with Crippen molar-refractivity contribution in [2.24, 2.45) is 5.92 Å². The normalized spacial score (nSPS) is 25.3. The Morgan fingerprint density at radius 1 is 1.00 bits per heavy atom. The lowest BCUT2D eigenvalue weighted by atomic mass is 9.75. The van der Waals surface area contributed by atoms with E-state index < -0.39 is 17.5 Å². The summed E-state index contributed by atoms with van der Waals surface area (Å²) in [5.41, 5.74) is 2.06. The monoisotopic (exact) mass is 322 g/mol. The molecule has 3 heteroatoms. The molecule has 2 aliphatic rings. The number of rotatable bonds is 3. The number of hydrogen-bond acceptors (Lipinski definition) is 0. The molecule has 0 radical (unpaired) electrons. The third-order valence-electron chi connectivity index (χ3n) is 5.67. The summed E-state index contributed by atoms with van der Waals surface area (Å²) in [6, 6.07) is 1.23. The predicted molar refractivity (Wildman–Crippen MR) is 87.8 cm³/mol. The average Bonchev–Trinajstić information content (AvgIpc) is 2.60. The Kier molecular flexibility index (Phi) is 5.13. The van der Waals surface area contributed by atoms with Crippen LogP contribution >= 0.6 is 0 Å². The van der Waals surface area contributed by atoms with Gasteiger partial charge in [0.2, 0.25) is 0 Å². The van der Waals surface area contributed by atoms with Gasteiger partial charge in [0.25, 0.3) is 0 Å². The fourth-order valence-electron chi connectivity index (χ4n) is 4.22. The van der Waals surface area contributed by atoms with Crippen molar-refractivity contribution in [1.29, 1.82) is 0 Å². The lowest BCUT2D eigenvalue weighted by Crippen LogP contribution is -2.17. The summed E-state index contributed by atoms with van der Waals surface area (Å²) >= 11 is 0. The van der Waals surface area contributed by atoms with Crippen LogP contribution in [0.3, 0.4) is 0 Å². The molecule has 0 atom stereocenters. The highest BCUT2D eigenvalue weighted by molar-refractivity contribution is 5.70. The van der Waals surface area contributed by atoms with Gasteiger partial charge < -0.3 is 0 Å². The molecule has 0 N–H and O–H groups in total. The van der Waals surface area contributed by atoms with Crippen molar-refractivity contribution in [3.63, 3.8) is 0 Å². The number of allylic oxidation sites excluding steroid dienone is 2. The second kappa shape index (κ2) is 7.11. The van der Waals surface area contributed by atoms with Crippen LogP contribution in [-0.4, -0.2) is 0 Å². The first-order valence-electron chi connectivity index (χ1n) is 8.98. The largest absolute Gasteiger partial charge is 0.204 e. The molecule has 1 saturated carbocycles. The summed E-state index contributed by atoms with van der Waals surface area (Å²) in [5, 5.41) is 0. The number of halogens is 3. The van der Waals surface area contributed by atoms with E-state index in [-0.39, 0.29) is 5.92 Å². The van der Waals surface area contributed by atoms with Crippen molar-refractivity contribution in [1.82, 2.24) is 0 Å². The first-order chi connectivity index (χ1) is 11.1. The number of hydrogen-bond donors (Lipinski definition) is 0. The maximum atomic E-state index is 14.6. The summed E-state index contributed by atoms with van der Waals surface area (Å²) in [4.78, 5) is 0. The van der Waals surface area contributed by atoms with E-state index >= 15 is 0 Å². The highest BCUT2D eigenvalue weighted by Crippen LogP contribution is 2.43. The van der Waals surface area contributed by atoms with Gasteiger partial charge in [-0.2, -0.15) is 0 Å². The molecule has 23 heavy (non-hydrogen) atoms. The van der Waals surface area contributed by atoms with Gasteiger partial charge in [-0.1, -0.05) is 19.4 Å². The molecule has 0 amide bonds. The second-order valence-electron chi connectivity index (χ2n) is 7.05. The Labute approximate surface area is 136 Å². The SMILES string of the molecule is CCC1CCC(c2c(C3=CCCCC3)cc(F)c(F)c2F)CC1. The van der Waals surface area contributed by atoms with Crippen LogP contribution in [0.4, 0.5) is 13.2 Å². The number of benzene rings is 1. The second-order valence-corrected chi connectivity index (χ2v) is 7.05. The Morgan fingerprint density at radius 3 is 2.35 bits per heavy atom. The van der Waals surface area contributed by atoms with E-state index in [1.54, 1.807) is 0 Å². The zero-order chi connectivity index (χ0) is 16.4. The summed E-state index contributed by atoms with van der Waals surface area (Å²) in [5.74, 6) is -2.61. The van der Waals surface area contributed by atoms with Crippen molar-refractivity contribution < 1.29 is 13.2 Å². The van der Waals surface area contributed by atoms with E-state index in [1.165, 1.54) is 6.07 Å². The van der Waals surface area contributed by atoms with E-state index in [1.807, 2.05) is 0 Å². The molecular formula is C20H25F3. The van der Waals surface area contributed by atoms with Crippen LogP contribution in [0.15, 0.2) is 12.1 Å². The van der Waals surface area contributed by atoms with Gasteiger partial charge in [0, 0.05) is 5.56 Å². The van der Waals surface area contributed by atoms with Gasteiger partial charge in [-0.3, -0.25) is 0 Å². The molecule has 0 saturated heterocycles. The Hall–Kier alpha value is -1.25. The molecule has 0 heterocycles. The smallest absolute Gasteiger partial charge is 0.194 e. The minimum Gasteiger partial charge on any atom is -0.204 e. The molecule has 0 unspecified atom stereocenters. The van der Waals surface area contributed by atoms with Crippen LogP contribution in [0.5, 0.6) is 0 Å². The predicted octanol–water partition coefficient (Wildman–Crippen LogP) is 6.75. The Bertz CT molecular complexity index is 595. The fraction of sp³-hybridized carbons (Fsp3) is 0.600. The molecule has 0 spiro atoms. The third kappa shape index (κ3) is 3.34. The zero-order valence-electron chi connectivity index (χ0n) is 13.8. The van der Waals surface area contributed by atoms with E-state index in [0.29, 0.717) is 17.0 Å². The summed E-state index contributed by atoms with van der Waals surface area (Å²) in [6.07, 6.45) is 11.0. The minimum absolute atomic E-state index is 0.0192. The molecule has 1 aromatic carbocycles. The molecule has 0 aliphatic heterocycles. The Balaban J connectivity index is 2.00. The quantitative estimate of drug-likeness (QED) is 0.540. The van der Waals surface area contributed by atoms with Gasteiger partial charge in [-0.25, -0.2) is 13.2 Å². The highest BCUT2D eigenvalue weighted by Gasteiger charge is 2.29. The average molecular weight is 322 g/mol. The Morgan fingerprint density at radius 2 is 1.74 bits per heavy atom. The van der Waals surface area contributed by atoms with Crippen LogP contribution in [-0.2, 0) is 0 Å². The van der Waals surface area contributed by atoms with Crippen LogP contribution in [0, 0.1) is 23.4 Å². The first-order valence-corrected chi connectivity index (χ1v) is 8.98. The van der Waals surface area contributed by atoms with E-state index in [9.17, 15) is 13.2 Å². The molecule has 1 aromatic rings. The molecular weight excluding hydrogens is 297 g/mol. The molecule has 3 rings (SSSR count). The topological polar surface area (TPSA) is 0 Å². The first kappa shape index (κ1) is 16.6. The zero-order valence-corrected chi connectivity index (χ0v) is 13.8. The van der Waals surface area contributed by atoms with Gasteiger partial charge in [0.1, 0.15) is 0 Å². The minimum atomic E-state index is -1.31. The van der Waals surface area contributed by atoms with Crippen molar-refractivity contribution in [3.8, 4) is 0 Å². The van der Waals surface area contributed by atoms with E-state index in [2.05, 4.69) is 13.0 Å². The molecule has 1 fully saturated rings. The van der Waals surface area contributed by atoms with Gasteiger partial charge in [0.15, 0.2) is 17.5 Å². The summed E-state index contributed by atoms with van der Waals surface area (Å²) in [7, 11) is 0. The van der Waals surface area contributed by atoms with Crippen LogP contribution < -0.4 is 0 Å². The van der Waals surface area contributed by atoms with Crippen molar-refractivity contribution in [3.05, 3.63) is 40.7 Å². The van der Waals surface area contributed by atoms with Crippen molar-refractivity contribution in [2.75, 3.05) is 0 Å². The molecule has 0 aromatic heterocycles. The van der Waals surface area contributed by atoms with Gasteiger partial charge in [0.05, 0.1) is 0 Å². The summed E-state index contributed by atoms with van der Waals surface area (Å²) in [6.45, 7) is 2.18. The maximum Gasteiger partial charge on any atom is 0.194 e. The fourth-order valence-corrected chi connectivity index (χ4v) is 4.22. The molecule has 126 valence electrons. The van der Waals surface area contributed by atoms with Crippen LogP contribution in [0.25, 0.3) is 5.57 Å². The highest BCUT2D eigenvalue weighted by atomic mass is 19.2. The summed E-state index contributed by atoms with van der Waals surface area (Å²) < 4.78 is 42.3. The van der Waals surface area contributed by atoms with Crippen molar-refractivity contribution >= 4 is 5.57 Å². The van der Waals surface area contributed by atoms with E-state index in [0.717, 1.165) is 63.4 Å². The standard InChI is InChI=1S/C20H25F3/c1-2-13-8-10-15(11-9-13)18-16(14-6-4-3-5-7-14)12-17(21)19(22)20(18)23/h6,12-13,15H,2-5,7-11H2,1H3. The van der Waals surface area contributed by atoms with Crippen molar-refractivity contribution in [2.45, 2.75) is 70.6 Å². The molecule has 2 aliphatic carbocycles. The van der Waals surface area contributed by atoms with Crippen LogP contribution in [0.2, 0.25) is 0 Å². The van der Waals surface area contributed by atoms with Gasteiger partial charge in [-0.05, 0) is 80.4 Å². The molecule has 0 bridgehead atoms. The molecule has 0 nitrogen and oxygen atoms in total. The van der Waals surface area contributed by atoms with E-state index in [4.69, 9.17) is 0 Å². The third-order valence-corrected chi connectivity index (χ3v) is 5.67. The lowest BCUT2D eigenvalue weighted by molar-refractivity contribution is 0.311. The maximum absolute atomic E-state index is 14.6. The van der Waals surface area contributed by atoms with Gasteiger partial charge >= 0.3 is 0 Å².